The molecule has 0 aliphatic carbocycles. The van der Waals surface area contributed by atoms with Crippen molar-refractivity contribution in [2.75, 3.05) is 45.1 Å². The Bertz CT molecular complexity index is 1300. The summed E-state index contributed by atoms with van der Waals surface area (Å²) in [6.45, 7) is 6.09. The van der Waals surface area contributed by atoms with Gasteiger partial charge in [-0.3, -0.25) is 14.4 Å². The van der Waals surface area contributed by atoms with E-state index in [2.05, 4.69) is 29.5 Å². The molecule has 2 N–H and O–H groups in total. The van der Waals surface area contributed by atoms with Gasteiger partial charge in [-0.25, -0.2) is 4.79 Å². The highest BCUT2D eigenvalue weighted by atomic mass is 32.1. The number of hydrogen-bond donors (Lipinski definition) is 2. The summed E-state index contributed by atoms with van der Waals surface area (Å²) in [5.74, 6) is -0.556. The Kier molecular flexibility index (Phi) is 11.5. The van der Waals surface area contributed by atoms with Crippen LogP contribution in [0.3, 0.4) is 0 Å². The molecule has 3 aliphatic heterocycles. The number of thiophene rings is 1. The van der Waals surface area contributed by atoms with Crippen molar-refractivity contribution in [1.82, 2.24) is 24.9 Å². The molecule has 5 rings (SSSR count). The van der Waals surface area contributed by atoms with E-state index >= 15 is 0 Å². The Morgan fingerprint density at radius 2 is 1.73 bits per heavy atom. The Balaban J connectivity index is 1.17. The van der Waals surface area contributed by atoms with Gasteiger partial charge in [-0.05, 0) is 68.8 Å². The molecule has 0 bridgehead atoms. The molecule has 3 aliphatic rings. The van der Waals surface area contributed by atoms with Gasteiger partial charge in [0.25, 0.3) is 0 Å². The molecule has 2 saturated heterocycles. The average molecular weight is 637 g/mol. The van der Waals surface area contributed by atoms with Gasteiger partial charge in [0.05, 0.1) is 12.8 Å². The molecule has 0 spiro atoms. The molecule has 0 unspecified atom stereocenters. The summed E-state index contributed by atoms with van der Waals surface area (Å²) in [5.41, 5.74) is 1.94. The molecule has 4 heterocycles. The van der Waals surface area contributed by atoms with E-state index in [4.69, 9.17) is 0 Å². The smallest absolute Gasteiger partial charge is 0.322 e. The van der Waals surface area contributed by atoms with Crippen LogP contribution < -0.4 is 10.6 Å². The van der Waals surface area contributed by atoms with Gasteiger partial charge in [0.15, 0.2) is 0 Å². The summed E-state index contributed by atoms with van der Waals surface area (Å²) >= 11 is 1.50. The fraction of sp³-hybridized carbons (Fsp3) is 0.588. The third-order valence-corrected chi connectivity index (χ3v) is 10.4. The number of fused-ring (bicyclic) bond motifs is 1. The lowest BCUT2D eigenvalue weighted by molar-refractivity contribution is -0.142. The molecule has 11 heteroatoms. The number of unbranched alkanes of at least 4 members (excludes halogenated alkanes) is 2. The predicted octanol–water partition coefficient (Wildman–Crippen LogP) is 4.32. The molecule has 1 aromatic carbocycles. The predicted molar refractivity (Wildman–Crippen MR) is 177 cm³/mol. The van der Waals surface area contributed by atoms with Gasteiger partial charge < -0.3 is 30.2 Å². The van der Waals surface area contributed by atoms with Crippen LogP contribution in [0.5, 0.6) is 0 Å². The number of nitrogens with one attached hydrogen (secondary N) is 2. The zero-order chi connectivity index (χ0) is 31.8. The summed E-state index contributed by atoms with van der Waals surface area (Å²) in [7, 11) is 2.17. The molecule has 1 aromatic heterocycles. The van der Waals surface area contributed by atoms with Gasteiger partial charge in [0.2, 0.25) is 17.7 Å². The van der Waals surface area contributed by atoms with E-state index in [0.29, 0.717) is 51.6 Å². The van der Waals surface area contributed by atoms with E-state index in [-0.39, 0.29) is 42.6 Å². The first kappa shape index (κ1) is 32.9. The summed E-state index contributed by atoms with van der Waals surface area (Å²) in [6, 6.07) is 11.1. The molecular formula is C34H48N6O4S. The van der Waals surface area contributed by atoms with E-state index in [1.54, 1.807) is 4.90 Å². The Morgan fingerprint density at radius 3 is 2.44 bits per heavy atom. The van der Waals surface area contributed by atoms with Gasteiger partial charge in [-0.1, -0.05) is 44.0 Å². The lowest BCUT2D eigenvalue weighted by Gasteiger charge is -2.41. The second-order valence-electron chi connectivity index (χ2n) is 12.7. The Labute approximate surface area is 271 Å². The highest BCUT2D eigenvalue weighted by molar-refractivity contribution is 7.10. The molecular weight excluding hydrogens is 588 g/mol. The number of anilines is 1. The number of benzene rings is 1. The number of para-hydroxylation sites is 1. The number of urea groups is 1. The zero-order valence-electron chi connectivity index (χ0n) is 26.7. The first-order chi connectivity index (χ1) is 21.8. The van der Waals surface area contributed by atoms with E-state index in [1.807, 2.05) is 51.6 Å². The largest absolute Gasteiger partial charge is 0.343 e. The maximum atomic E-state index is 13.8. The fourth-order valence-corrected chi connectivity index (χ4v) is 7.51. The van der Waals surface area contributed by atoms with Crippen molar-refractivity contribution in [2.24, 2.45) is 0 Å². The normalized spacial score (nSPS) is 18.5. The van der Waals surface area contributed by atoms with Crippen molar-refractivity contribution in [3.63, 3.8) is 0 Å². The van der Waals surface area contributed by atoms with Crippen molar-refractivity contribution in [3.05, 3.63) is 52.2 Å². The van der Waals surface area contributed by atoms with Crippen LogP contribution in [-0.2, 0) is 27.3 Å². The summed E-state index contributed by atoms with van der Waals surface area (Å²) in [6.07, 6.45) is 6.85. The molecule has 10 nitrogen and oxygen atoms in total. The second-order valence-corrected chi connectivity index (χ2v) is 13.7. The van der Waals surface area contributed by atoms with Crippen LogP contribution >= 0.6 is 11.3 Å². The monoisotopic (exact) mass is 636 g/mol. The van der Waals surface area contributed by atoms with Crippen molar-refractivity contribution < 1.29 is 19.2 Å². The number of nitrogens with zero attached hydrogens (tertiary/aromatic N) is 4. The van der Waals surface area contributed by atoms with Gasteiger partial charge in [0.1, 0.15) is 6.04 Å². The van der Waals surface area contributed by atoms with Crippen LogP contribution in [0.25, 0.3) is 0 Å². The molecule has 1 atom stereocenters. The third kappa shape index (κ3) is 8.64. The van der Waals surface area contributed by atoms with Gasteiger partial charge in [-0.2, -0.15) is 0 Å². The van der Waals surface area contributed by atoms with E-state index in [9.17, 15) is 19.2 Å². The fourth-order valence-electron chi connectivity index (χ4n) is 6.81. The number of piperidine rings is 2. The SMILES string of the molecule is CCCCCN(C)C1CCN(C(=O)[C@H](CC(=O)N2CCC(N3Cc4ccccc4NC3=O)CC2)NC(=O)Cc2cccs2)CC1. The lowest BCUT2D eigenvalue weighted by atomic mass is 9.99. The summed E-state index contributed by atoms with van der Waals surface area (Å²) in [5, 5.41) is 7.84. The summed E-state index contributed by atoms with van der Waals surface area (Å²) in [4.78, 5) is 62.1. The number of likely N-dealkylation sites (tertiary alicyclic amines) is 2. The van der Waals surface area contributed by atoms with E-state index < -0.39 is 6.04 Å². The van der Waals surface area contributed by atoms with E-state index in [1.165, 1.54) is 30.6 Å². The zero-order valence-corrected chi connectivity index (χ0v) is 27.5. The highest BCUT2D eigenvalue weighted by Crippen LogP contribution is 2.28. The third-order valence-electron chi connectivity index (χ3n) is 9.56. The van der Waals surface area contributed by atoms with Crippen LogP contribution in [0, 0.1) is 0 Å². The maximum Gasteiger partial charge on any atom is 0.322 e. The topological polar surface area (TPSA) is 105 Å². The van der Waals surface area contributed by atoms with Crippen molar-refractivity contribution >= 4 is 40.8 Å². The van der Waals surface area contributed by atoms with Gasteiger partial charge >= 0.3 is 6.03 Å². The number of amides is 5. The molecule has 2 aromatic rings. The first-order valence-electron chi connectivity index (χ1n) is 16.6. The first-order valence-corrected chi connectivity index (χ1v) is 17.4. The Hall–Kier alpha value is -3.44. The van der Waals surface area contributed by atoms with Crippen LogP contribution in [0.2, 0.25) is 0 Å². The van der Waals surface area contributed by atoms with Crippen molar-refractivity contribution in [1.29, 1.82) is 0 Å². The number of rotatable bonds is 12. The average Bonchev–Trinajstić information content (AvgIpc) is 3.57. The van der Waals surface area contributed by atoms with Crippen LogP contribution in [-0.4, -0.2) is 101 Å². The maximum absolute atomic E-state index is 13.8. The van der Waals surface area contributed by atoms with Gasteiger partial charge in [0, 0.05) is 55.4 Å². The lowest BCUT2D eigenvalue weighted by Crippen LogP contribution is -2.55. The standard InChI is InChI=1S/C34H48N6O4S/c1-3-4-7-16-37(2)26-12-19-39(20-13-26)33(43)30(35-31(41)22-28-10-8-21-45-28)23-32(42)38-17-14-27(15-18-38)40-24-25-9-5-6-11-29(25)36-34(40)44/h5-6,8-11,21,26-27,30H,3-4,7,12-20,22-24H2,1-2H3,(H,35,41)(H,36,44)/t30-/m0/s1. The van der Waals surface area contributed by atoms with Crippen molar-refractivity contribution in [3.8, 4) is 0 Å². The molecule has 2 fully saturated rings. The quantitative estimate of drug-likeness (QED) is 0.338. The molecule has 45 heavy (non-hydrogen) atoms. The molecule has 0 radical (unpaired) electrons. The van der Waals surface area contributed by atoms with Crippen molar-refractivity contribution in [2.45, 2.75) is 89.4 Å². The highest BCUT2D eigenvalue weighted by Gasteiger charge is 2.36. The van der Waals surface area contributed by atoms with Crippen LogP contribution in [0.4, 0.5) is 10.5 Å². The molecule has 5 amide bonds. The molecule has 0 saturated carbocycles. The van der Waals surface area contributed by atoms with Gasteiger partial charge in [-0.15, -0.1) is 11.3 Å². The second kappa shape index (κ2) is 15.7. The van der Waals surface area contributed by atoms with E-state index in [0.717, 1.165) is 35.5 Å². The van der Waals surface area contributed by atoms with Crippen LogP contribution in [0.15, 0.2) is 41.8 Å². The Morgan fingerprint density at radius 1 is 1.00 bits per heavy atom. The molecule has 244 valence electrons. The summed E-state index contributed by atoms with van der Waals surface area (Å²) < 4.78 is 0. The minimum Gasteiger partial charge on any atom is -0.343 e. The minimum absolute atomic E-state index is 0.0340. The number of carbonyl (C=O) groups excluding carboxylic acids is 4. The minimum atomic E-state index is -0.897. The number of hydrogen-bond acceptors (Lipinski definition) is 6. The number of carbonyl (C=O) groups is 4. The van der Waals surface area contributed by atoms with Crippen LogP contribution in [0.1, 0.15) is 68.7 Å².